The Kier molecular flexibility index (Phi) is 4.43. The third-order valence-electron chi connectivity index (χ3n) is 3.53. The number of aromatic amines is 1. The Morgan fingerprint density at radius 3 is 2.65 bits per heavy atom. The quantitative estimate of drug-likeness (QED) is 0.467. The second-order valence-corrected chi connectivity index (χ2v) is 5.20. The average molecular weight is 355 g/mol. The van der Waals surface area contributed by atoms with Crippen molar-refractivity contribution in [2.75, 3.05) is 0 Å². The number of hydrogen-bond donors (Lipinski definition) is 3. The van der Waals surface area contributed by atoms with Gasteiger partial charge in [0.15, 0.2) is 5.69 Å². The molecule has 1 aromatic carbocycles. The van der Waals surface area contributed by atoms with E-state index in [0.29, 0.717) is 11.4 Å². The summed E-state index contributed by atoms with van der Waals surface area (Å²) in [7, 11) is 0. The smallest absolute Gasteiger partial charge is 0.292 e. The van der Waals surface area contributed by atoms with Gasteiger partial charge in [-0.25, -0.2) is 4.68 Å². The zero-order valence-electron chi connectivity index (χ0n) is 13.5. The van der Waals surface area contributed by atoms with Crippen LogP contribution in [0.5, 0.6) is 0 Å². The Morgan fingerprint density at radius 1 is 1.19 bits per heavy atom. The maximum Gasteiger partial charge on any atom is 0.292 e. The van der Waals surface area contributed by atoms with Crippen LogP contribution < -0.4 is 10.9 Å². The molecule has 0 unspecified atom stereocenters. The highest BCUT2D eigenvalue weighted by atomic mass is 16.6. The number of rotatable bonds is 4. The van der Waals surface area contributed by atoms with Crippen molar-refractivity contribution in [2.45, 2.75) is 6.92 Å². The normalized spacial score (nSPS) is 10.3. The van der Waals surface area contributed by atoms with Gasteiger partial charge >= 0.3 is 0 Å². The zero-order chi connectivity index (χ0) is 18.7. The lowest BCUT2D eigenvalue weighted by Gasteiger charge is -2.06. The summed E-state index contributed by atoms with van der Waals surface area (Å²) in [5, 5.41) is 18.5. The van der Waals surface area contributed by atoms with Gasteiger partial charge in [-0.1, -0.05) is 11.3 Å². The van der Waals surface area contributed by atoms with Gasteiger partial charge in [0.05, 0.1) is 16.3 Å². The Morgan fingerprint density at radius 2 is 1.96 bits per heavy atom. The first-order chi connectivity index (χ1) is 12.5. The Hall–Kier alpha value is -4.02. The van der Waals surface area contributed by atoms with Crippen LogP contribution >= 0.6 is 0 Å². The molecule has 3 aromatic rings. The Balaban J connectivity index is 1.76. The van der Waals surface area contributed by atoms with Gasteiger partial charge in [-0.05, 0) is 25.1 Å². The van der Waals surface area contributed by atoms with E-state index >= 15 is 0 Å². The first-order valence-corrected chi connectivity index (χ1v) is 7.38. The molecule has 0 aliphatic carbocycles. The van der Waals surface area contributed by atoms with E-state index in [2.05, 4.69) is 26.1 Å². The number of nitro groups is 1. The number of carbonyl (C=O) groups is 2. The summed E-state index contributed by atoms with van der Waals surface area (Å²) in [6.07, 6.45) is 1.57. The van der Waals surface area contributed by atoms with Gasteiger partial charge in [0.25, 0.3) is 17.5 Å². The van der Waals surface area contributed by atoms with Crippen molar-refractivity contribution in [1.82, 2.24) is 30.8 Å². The average Bonchev–Trinajstić information content (AvgIpc) is 3.29. The molecule has 0 fully saturated rings. The minimum Gasteiger partial charge on any atom is -0.357 e. The molecular weight excluding hydrogens is 342 g/mol. The SMILES string of the molecule is Cc1c(C(=O)NNC(=O)c2ccc[nH]2)nnn1-c1cccc([N+](=O)[O-])c1. The maximum absolute atomic E-state index is 12.2. The number of carbonyl (C=O) groups excluding carboxylic acids is 2. The lowest BCUT2D eigenvalue weighted by atomic mass is 10.2. The van der Waals surface area contributed by atoms with Crippen molar-refractivity contribution in [3.05, 3.63) is 69.8 Å². The second kappa shape index (κ2) is 6.84. The molecule has 0 spiro atoms. The molecule has 11 nitrogen and oxygen atoms in total. The van der Waals surface area contributed by atoms with Crippen LogP contribution in [0, 0.1) is 17.0 Å². The van der Waals surface area contributed by atoms with E-state index in [1.54, 1.807) is 31.3 Å². The molecular formula is C15H13N7O4. The predicted molar refractivity (Wildman–Crippen MR) is 88.5 cm³/mol. The summed E-state index contributed by atoms with van der Waals surface area (Å²) in [4.78, 5) is 37.0. The fourth-order valence-electron chi connectivity index (χ4n) is 2.23. The fraction of sp³-hybridized carbons (Fsp3) is 0.0667. The van der Waals surface area contributed by atoms with Crippen LogP contribution in [0.15, 0.2) is 42.6 Å². The largest absolute Gasteiger partial charge is 0.357 e. The molecule has 3 N–H and O–H groups in total. The molecule has 0 bridgehead atoms. The van der Waals surface area contributed by atoms with Crippen LogP contribution in [0.4, 0.5) is 5.69 Å². The summed E-state index contributed by atoms with van der Waals surface area (Å²) < 4.78 is 1.30. The number of nitrogens with one attached hydrogen (secondary N) is 3. The van der Waals surface area contributed by atoms with Gasteiger partial charge in [0.2, 0.25) is 0 Å². The number of benzene rings is 1. The molecule has 26 heavy (non-hydrogen) atoms. The minimum absolute atomic E-state index is 0.0247. The summed E-state index contributed by atoms with van der Waals surface area (Å²) in [6.45, 7) is 1.58. The van der Waals surface area contributed by atoms with E-state index in [-0.39, 0.29) is 17.1 Å². The molecule has 0 radical (unpaired) electrons. The number of nitro benzene ring substituents is 1. The molecule has 2 aromatic heterocycles. The molecule has 0 saturated heterocycles. The van der Waals surface area contributed by atoms with E-state index in [1.165, 1.54) is 22.9 Å². The molecule has 0 saturated carbocycles. The van der Waals surface area contributed by atoms with Crippen LogP contribution in [0.2, 0.25) is 0 Å². The Bertz CT molecular complexity index is 978. The van der Waals surface area contributed by atoms with E-state index in [0.717, 1.165) is 0 Å². The van der Waals surface area contributed by atoms with Gasteiger partial charge in [-0.15, -0.1) is 5.10 Å². The number of hydrogen-bond acceptors (Lipinski definition) is 6. The summed E-state index contributed by atoms with van der Waals surface area (Å²) in [6, 6.07) is 8.96. The van der Waals surface area contributed by atoms with Gasteiger partial charge < -0.3 is 4.98 Å². The van der Waals surface area contributed by atoms with Crippen molar-refractivity contribution >= 4 is 17.5 Å². The molecule has 0 aliphatic rings. The van der Waals surface area contributed by atoms with Crippen LogP contribution in [0.3, 0.4) is 0 Å². The van der Waals surface area contributed by atoms with Crippen molar-refractivity contribution in [3.8, 4) is 5.69 Å². The third-order valence-corrected chi connectivity index (χ3v) is 3.53. The number of hydrazine groups is 1. The maximum atomic E-state index is 12.2. The highest BCUT2D eigenvalue weighted by Crippen LogP contribution is 2.18. The molecule has 2 heterocycles. The first-order valence-electron chi connectivity index (χ1n) is 7.38. The molecule has 0 atom stereocenters. The van der Waals surface area contributed by atoms with Gasteiger partial charge in [0.1, 0.15) is 5.69 Å². The standard InChI is InChI=1S/C15H13N7O4/c1-9-13(15(24)19-18-14(23)12-6-3-7-16-12)17-20-21(9)10-4-2-5-11(8-10)22(25)26/h2-8,16H,1H3,(H,18,23)(H,19,24). The summed E-state index contributed by atoms with van der Waals surface area (Å²) >= 11 is 0. The van der Waals surface area contributed by atoms with E-state index < -0.39 is 16.7 Å². The van der Waals surface area contributed by atoms with E-state index in [9.17, 15) is 19.7 Å². The summed E-state index contributed by atoms with van der Waals surface area (Å²) in [5.74, 6) is -1.19. The van der Waals surface area contributed by atoms with Crippen molar-refractivity contribution in [2.24, 2.45) is 0 Å². The predicted octanol–water partition coefficient (Wildman–Crippen LogP) is 0.887. The third kappa shape index (κ3) is 3.26. The highest BCUT2D eigenvalue weighted by Gasteiger charge is 2.19. The van der Waals surface area contributed by atoms with E-state index in [1.807, 2.05) is 0 Å². The lowest BCUT2D eigenvalue weighted by molar-refractivity contribution is -0.384. The van der Waals surface area contributed by atoms with Crippen LogP contribution in [-0.2, 0) is 0 Å². The first kappa shape index (κ1) is 16.8. The van der Waals surface area contributed by atoms with Crippen molar-refractivity contribution < 1.29 is 14.5 Å². The number of H-pyrrole nitrogens is 1. The van der Waals surface area contributed by atoms with Gasteiger partial charge in [-0.2, -0.15) is 0 Å². The van der Waals surface area contributed by atoms with Crippen LogP contribution in [0.1, 0.15) is 26.7 Å². The van der Waals surface area contributed by atoms with Crippen molar-refractivity contribution in [3.63, 3.8) is 0 Å². The van der Waals surface area contributed by atoms with Crippen molar-refractivity contribution in [1.29, 1.82) is 0 Å². The monoisotopic (exact) mass is 355 g/mol. The molecule has 2 amide bonds. The Labute approximate surface area is 146 Å². The number of aromatic nitrogens is 4. The highest BCUT2D eigenvalue weighted by molar-refractivity contribution is 5.97. The van der Waals surface area contributed by atoms with Gasteiger partial charge in [0, 0.05) is 18.3 Å². The second-order valence-electron chi connectivity index (χ2n) is 5.20. The number of nitrogens with zero attached hydrogens (tertiary/aromatic N) is 4. The molecule has 11 heteroatoms. The zero-order valence-corrected chi connectivity index (χ0v) is 13.5. The lowest BCUT2D eigenvalue weighted by Crippen LogP contribution is -2.42. The topological polar surface area (TPSA) is 148 Å². The fourth-order valence-corrected chi connectivity index (χ4v) is 2.23. The van der Waals surface area contributed by atoms with E-state index in [4.69, 9.17) is 0 Å². The van der Waals surface area contributed by atoms with Gasteiger partial charge in [-0.3, -0.25) is 30.6 Å². The molecule has 3 rings (SSSR count). The molecule has 132 valence electrons. The van der Waals surface area contributed by atoms with Crippen LogP contribution in [-0.4, -0.2) is 36.7 Å². The number of non-ortho nitro benzene ring substituents is 1. The minimum atomic E-state index is -0.668. The van der Waals surface area contributed by atoms with Crippen LogP contribution in [0.25, 0.3) is 5.69 Å². The number of amides is 2. The molecule has 0 aliphatic heterocycles. The summed E-state index contributed by atoms with van der Waals surface area (Å²) in [5.41, 5.74) is 5.38.